The molecule has 8 heteroatoms. The Balaban J connectivity index is 1.59. The second-order valence-electron chi connectivity index (χ2n) is 7.33. The van der Waals surface area contributed by atoms with Crippen LogP contribution in [0.4, 0.5) is 4.79 Å². The molecule has 2 saturated heterocycles. The predicted molar refractivity (Wildman–Crippen MR) is 97.0 cm³/mol. The Bertz CT molecular complexity index is 759. The maximum atomic E-state index is 12.6. The normalized spacial score (nSPS) is 26.2. The molecule has 2 heterocycles. The van der Waals surface area contributed by atoms with Gasteiger partial charge in [-0.05, 0) is 37.1 Å². The molecule has 144 valence electrons. The van der Waals surface area contributed by atoms with Crippen LogP contribution in [-0.4, -0.2) is 62.1 Å². The van der Waals surface area contributed by atoms with Gasteiger partial charge >= 0.3 is 6.03 Å². The van der Waals surface area contributed by atoms with E-state index in [4.69, 9.17) is 4.74 Å². The molecule has 1 spiro atoms. The minimum atomic E-state index is -0.528. The maximum absolute atomic E-state index is 12.6. The third-order valence-corrected chi connectivity index (χ3v) is 5.98. The molecular weight excluding hydrogens is 348 g/mol. The quantitative estimate of drug-likeness (QED) is 0.649. The van der Waals surface area contributed by atoms with Gasteiger partial charge in [0.1, 0.15) is 6.54 Å². The molecule has 0 aromatic heterocycles. The first-order valence-corrected chi connectivity index (χ1v) is 9.27. The lowest BCUT2D eigenvalue weighted by atomic mass is 9.72. The molecule has 0 saturated carbocycles. The van der Waals surface area contributed by atoms with Crippen LogP contribution in [0, 0.1) is 0 Å². The number of piperidine rings is 1. The topological polar surface area (TPSA) is 99.8 Å². The fourth-order valence-corrected chi connectivity index (χ4v) is 4.78. The van der Waals surface area contributed by atoms with Crippen LogP contribution in [0.3, 0.4) is 0 Å². The van der Waals surface area contributed by atoms with E-state index >= 15 is 0 Å². The summed E-state index contributed by atoms with van der Waals surface area (Å²) in [5.74, 6) is -0.756. The van der Waals surface area contributed by atoms with E-state index in [1.807, 2.05) is 18.2 Å². The Labute approximate surface area is 157 Å². The average molecular weight is 372 g/mol. The molecule has 0 bridgehead atoms. The molecule has 2 fully saturated rings. The van der Waals surface area contributed by atoms with Crippen molar-refractivity contribution < 1.29 is 19.1 Å². The molecule has 2 aliphatic heterocycles. The lowest BCUT2D eigenvalue weighted by Gasteiger charge is -2.40. The largest absolute Gasteiger partial charge is 0.378 e. The summed E-state index contributed by atoms with van der Waals surface area (Å²) in [6.07, 6.45) is 1.67. The number of carbonyl (C=O) groups is 3. The second-order valence-corrected chi connectivity index (χ2v) is 7.33. The number of ether oxygens (including phenoxy) is 1. The first-order valence-electron chi connectivity index (χ1n) is 9.27. The number of benzene rings is 1. The summed E-state index contributed by atoms with van der Waals surface area (Å²) in [6, 6.07) is 7.29. The van der Waals surface area contributed by atoms with Crippen molar-refractivity contribution >= 4 is 17.8 Å². The summed E-state index contributed by atoms with van der Waals surface area (Å²) in [6.45, 7) is 1.46. The lowest BCUT2D eigenvalue weighted by molar-refractivity contribution is -0.131. The van der Waals surface area contributed by atoms with E-state index in [0.29, 0.717) is 0 Å². The second kappa shape index (κ2) is 6.94. The number of imide groups is 1. The van der Waals surface area contributed by atoms with Gasteiger partial charge in [-0.25, -0.2) is 4.79 Å². The summed E-state index contributed by atoms with van der Waals surface area (Å²) in [5.41, 5.74) is 2.13. The number of rotatable bonds is 4. The SMILES string of the molecule is CO[C@@H]1[C@@H](NC(=O)CN2C(=O)CNC2=O)c2ccccc2C12CCNCC2. The van der Waals surface area contributed by atoms with E-state index in [-0.39, 0.29) is 42.5 Å². The fraction of sp³-hybridized carbons (Fsp3) is 0.526. The Kier molecular flexibility index (Phi) is 4.61. The first kappa shape index (κ1) is 17.9. The number of urea groups is 1. The van der Waals surface area contributed by atoms with E-state index in [0.717, 1.165) is 36.4 Å². The smallest absolute Gasteiger partial charge is 0.325 e. The zero-order valence-corrected chi connectivity index (χ0v) is 15.3. The van der Waals surface area contributed by atoms with Crippen LogP contribution < -0.4 is 16.0 Å². The molecule has 3 N–H and O–H groups in total. The number of carbonyl (C=O) groups excluding carboxylic acids is 3. The fourth-order valence-electron chi connectivity index (χ4n) is 4.78. The van der Waals surface area contributed by atoms with Crippen molar-refractivity contribution in [3.63, 3.8) is 0 Å². The monoisotopic (exact) mass is 372 g/mol. The van der Waals surface area contributed by atoms with Crippen molar-refractivity contribution in [3.05, 3.63) is 35.4 Å². The molecule has 4 amide bonds. The maximum Gasteiger partial charge on any atom is 0.325 e. The number of fused-ring (bicyclic) bond motifs is 2. The number of nitrogens with one attached hydrogen (secondary N) is 3. The molecule has 8 nitrogen and oxygen atoms in total. The molecule has 1 aromatic rings. The van der Waals surface area contributed by atoms with E-state index in [2.05, 4.69) is 22.0 Å². The number of hydrogen-bond acceptors (Lipinski definition) is 5. The van der Waals surface area contributed by atoms with Crippen LogP contribution in [0.1, 0.15) is 30.0 Å². The van der Waals surface area contributed by atoms with Crippen LogP contribution in [0.25, 0.3) is 0 Å². The van der Waals surface area contributed by atoms with Crippen LogP contribution in [0.2, 0.25) is 0 Å². The van der Waals surface area contributed by atoms with Crippen LogP contribution in [0.15, 0.2) is 24.3 Å². The predicted octanol–water partition coefficient (Wildman–Crippen LogP) is 0.0455. The summed E-state index contributed by atoms with van der Waals surface area (Å²) < 4.78 is 5.91. The van der Waals surface area contributed by atoms with Gasteiger partial charge in [-0.1, -0.05) is 24.3 Å². The zero-order chi connectivity index (χ0) is 19.0. The first-order chi connectivity index (χ1) is 13.1. The van der Waals surface area contributed by atoms with Crippen LogP contribution >= 0.6 is 0 Å². The molecule has 0 radical (unpaired) electrons. The minimum absolute atomic E-state index is 0.0603. The zero-order valence-electron chi connectivity index (χ0n) is 15.3. The number of nitrogens with zero attached hydrogens (tertiary/aromatic N) is 1. The van der Waals surface area contributed by atoms with Crippen molar-refractivity contribution in [1.29, 1.82) is 0 Å². The summed E-state index contributed by atoms with van der Waals surface area (Å²) in [4.78, 5) is 37.0. The molecular formula is C19H24N4O4. The van der Waals surface area contributed by atoms with E-state index < -0.39 is 6.03 Å². The molecule has 1 aliphatic carbocycles. The number of methoxy groups -OCH3 is 1. The summed E-state index contributed by atoms with van der Waals surface area (Å²) >= 11 is 0. The van der Waals surface area contributed by atoms with Gasteiger partial charge in [-0.3, -0.25) is 14.5 Å². The highest BCUT2D eigenvalue weighted by Crippen LogP contribution is 2.51. The molecule has 4 rings (SSSR count). The molecule has 0 unspecified atom stereocenters. The van der Waals surface area contributed by atoms with Gasteiger partial charge in [-0.15, -0.1) is 0 Å². The van der Waals surface area contributed by atoms with E-state index in [1.54, 1.807) is 7.11 Å². The molecule has 27 heavy (non-hydrogen) atoms. The molecule has 2 atom stereocenters. The van der Waals surface area contributed by atoms with Crippen molar-refractivity contribution in [2.75, 3.05) is 33.3 Å². The van der Waals surface area contributed by atoms with Gasteiger partial charge < -0.3 is 20.7 Å². The summed E-state index contributed by atoms with van der Waals surface area (Å²) in [7, 11) is 1.68. The van der Waals surface area contributed by atoms with Gasteiger partial charge in [0.05, 0.1) is 18.7 Å². The number of amides is 4. The van der Waals surface area contributed by atoms with Crippen LogP contribution in [-0.2, 0) is 19.7 Å². The Hall–Kier alpha value is -2.45. The van der Waals surface area contributed by atoms with Crippen molar-refractivity contribution in [1.82, 2.24) is 20.9 Å². The van der Waals surface area contributed by atoms with Crippen LogP contribution in [0.5, 0.6) is 0 Å². The Morgan fingerprint density at radius 3 is 2.70 bits per heavy atom. The van der Waals surface area contributed by atoms with Gasteiger partial charge in [0.25, 0.3) is 5.91 Å². The molecule has 1 aromatic carbocycles. The standard InChI is InChI=1S/C19H24N4O4/c1-27-17-16(22-14(24)11-23-15(25)10-21-18(23)26)12-4-2-3-5-13(12)19(17)6-8-20-9-7-19/h2-5,16-17,20H,6-11H2,1H3,(H,21,26)(H,22,24)/t16-,17+/m0/s1. The van der Waals surface area contributed by atoms with Crippen molar-refractivity contribution in [2.45, 2.75) is 30.4 Å². The third kappa shape index (κ3) is 2.89. The highest BCUT2D eigenvalue weighted by Gasteiger charge is 2.53. The van der Waals surface area contributed by atoms with Gasteiger partial charge in [-0.2, -0.15) is 0 Å². The van der Waals surface area contributed by atoms with Crippen molar-refractivity contribution in [2.24, 2.45) is 0 Å². The lowest BCUT2D eigenvalue weighted by Crippen LogP contribution is -2.50. The Morgan fingerprint density at radius 2 is 2.04 bits per heavy atom. The van der Waals surface area contributed by atoms with Crippen molar-refractivity contribution in [3.8, 4) is 0 Å². The van der Waals surface area contributed by atoms with E-state index in [1.165, 1.54) is 5.56 Å². The average Bonchev–Trinajstić information content (AvgIpc) is 3.12. The highest BCUT2D eigenvalue weighted by atomic mass is 16.5. The Morgan fingerprint density at radius 1 is 1.30 bits per heavy atom. The van der Waals surface area contributed by atoms with Gasteiger partial charge in [0, 0.05) is 12.5 Å². The molecule has 3 aliphatic rings. The van der Waals surface area contributed by atoms with E-state index in [9.17, 15) is 14.4 Å². The summed E-state index contributed by atoms with van der Waals surface area (Å²) in [5, 5.41) is 8.84. The minimum Gasteiger partial charge on any atom is -0.378 e. The number of hydrogen-bond donors (Lipinski definition) is 3. The van der Waals surface area contributed by atoms with Gasteiger partial charge in [0.2, 0.25) is 5.91 Å². The highest BCUT2D eigenvalue weighted by molar-refractivity contribution is 6.04. The van der Waals surface area contributed by atoms with Gasteiger partial charge in [0.15, 0.2) is 0 Å². The third-order valence-electron chi connectivity index (χ3n) is 5.98.